The molecule has 0 aliphatic carbocycles. The van der Waals surface area contributed by atoms with Gasteiger partial charge in [-0.1, -0.05) is 20.8 Å². The van der Waals surface area contributed by atoms with Crippen LogP contribution >= 0.6 is 0 Å². The fourth-order valence-electron chi connectivity index (χ4n) is 1.34. The van der Waals surface area contributed by atoms with Gasteiger partial charge in [0.1, 0.15) is 0 Å². The maximum absolute atomic E-state index is 4.14. The Morgan fingerprint density at radius 1 is 1.40 bits per heavy atom. The third kappa shape index (κ3) is 4.00. The Morgan fingerprint density at radius 3 is 2.73 bits per heavy atom. The van der Waals surface area contributed by atoms with Crippen LogP contribution in [0.3, 0.4) is 0 Å². The first-order valence-electron chi connectivity index (χ1n) is 5.65. The van der Waals surface area contributed by atoms with Gasteiger partial charge in [0.25, 0.3) is 0 Å². The number of aryl methyl sites for hydroxylation is 1. The number of nitrogens with one attached hydrogen (secondary N) is 1. The minimum atomic E-state index is 0.385. The van der Waals surface area contributed by atoms with Gasteiger partial charge in [-0.15, -0.1) is 0 Å². The van der Waals surface area contributed by atoms with Gasteiger partial charge in [-0.3, -0.25) is 4.98 Å². The highest BCUT2D eigenvalue weighted by atomic mass is 14.9. The maximum atomic E-state index is 4.14. The van der Waals surface area contributed by atoms with Crippen molar-refractivity contribution < 1.29 is 0 Å². The Kier molecular flexibility index (Phi) is 4.28. The molecule has 15 heavy (non-hydrogen) atoms. The summed E-state index contributed by atoms with van der Waals surface area (Å²) in [7, 11) is 0. The van der Waals surface area contributed by atoms with E-state index in [4.69, 9.17) is 0 Å². The van der Waals surface area contributed by atoms with Crippen molar-refractivity contribution in [1.82, 2.24) is 10.3 Å². The van der Waals surface area contributed by atoms with Crippen molar-refractivity contribution in [2.24, 2.45) is 5.41 Å². The van der Waals surface area contributed by atoms with Crippen LogP contribution < -0.4 is 5.32 Å². The van der Waals surface area contributed by atoms with Crippen molar-refractivity contribution in [2.45, 2.75) is 40.7 Å². The molecular formula is C13H22N2. The average Bonchev–Trinajstić information content (AvgIpc) is 2.21. The lowest BCUT2D eigenvalue weighted by molar-refractivity contribution is 0.327. The third-order valence-corrected chi connectivity index (χ3v) is 3.02. The summed E-state index contributed by atoms with van der Waals surface area (Å²) >= 11 is 0. The van der Waals surface area contributed by atoms with Crippen molar-refractivity contribution >= 4 is 0 Å². The van der Waals surface area contributed by atoms with E-state index in [9.17, 15) is 0 Å². The lowest BCUT2D eigenvalue weighted by Crippen LogP contribution is -2.28. The van der Waals surface area contributed by atoms with Crippen LogP contribution in [0.15, 0.2) is 18.5 Å². The Balaban J connectivity index is 2.42. The predicted octanol–water partition coefficient (Wildman–Crippen LogP) is 2.92. The van der Waals surface area contributed by atoms with Gasteiger partial charge < -0.3 is 5.32 Å². The summed E-state index contributed by atoms with van der Waals surface area (Å²) in [6.07, 6.45) is 4.99. The smallest absolute Gasteiger partial charge is 0.0315 e. The molecule has 0 spiro atoms. The molecule has 0 unspecified atom stereocenters. The Hall–Kier alpha value is -0.890. The minimum Gasteiger partial charge on any atom is -0.312 e. The summed E-state index contributed by atoms with van der Waals surface area (Å²) in [5.41, 5.74) is 2.99. The monoisotopic (exact) mass is 206 g/mol. The first-order valence-corrected chi connectivity index (χ1v) is 5.65. The number of rotatable bonds is 5. The molecule has 0 aliphatic heterocycles. The van der Waals surface area contributed by atoms with Gasteiger partial charge in [-0.05, 0) is 36.0 Å². The fraction of sp³-hybridized carbons (Fsp3) is 0.615. The predicted molar refractivity (Wildman–Crippen MR) is 64.8 cm³/mol. The zero-order chi connectivity index (χ0) is 11.3. The largest absolute Gasteiger partial charge is 0.312 e. The summed E-state index contributed by atoms with van der Waals surface area (Å²) in [5, 5.41) is 3.49. The molecule has 1 rings (SSSR count). The molecule has 84 valence electrons. The highest BCUT2D eigenvalue weighted by Gasteiger charge is 2.13. The summed E-state index contributed by atoms with van der Waals surface area (Å²) in [6.45, 7) is 10.9. The molecule has 0 amide bonds. The molecule has 0 saturated carbocycles. The van der Waals surface area contributed by atoms with E-state index >= 15 is 0 Å². The van der Waals surface area contributed by atoms with Gasteiger partial charge in [0, 0.05) is 25.5 Å². The summed E-state index contributed by atoms with van der Waals surface area (Å²) in [6, 6.07) is 2.06. The standard InChI is InChI=1S/C13H22N2/c1-5-13(3,4)10-15-9-12-8-14-7-6-11(12)2/h6-8,15H,5,9-10H2,1-4H3. The number of hydrogen-bond donors (Lipinski definition) is 1. The van der Waals surface area contributed by atoms with Gasteiger partial charge >= 0.3 is 0 Å². The third-order valence-electron chi connectivity index (χ3n) is 3.02. The highest BCUT2D eigenvalue weighted by Crippen LogP contribution is 2.18. The molecule has 0 bridgehead atoms. The topological polar surface area (TPSA) is 24.9 Å². The molecular weight excluding hydrogens is 184 g/mol. The van der Waals surface area contributed by atoms with E-state index < -0.39 is 0 Å². The molecule has 0 aromatic carbocycles. The average molecular weight is 206 g/mol. The molecule has 1 aromatic heterocycles. The van der Waals surface area contributed by atoms with E-state index in [0.29, 0.717) is 5.41 Å². The second-order valence-electron chi connectivity index (χ2n) is 4.92. The van der Waals surface area contributed by atoms with Crippen molar-refractivity contribution in [3.05, 3.63) is 29.6 Å². The van der Waals surface area contributed by atoms with Gasteiger partial charge in [-0.25, -0.2) is 0 Å². The molecule has 0 atom stereocenters. The van der Waals surface area contributed by atoms with Crippen molar-refractivity contribution in [3.8, 4) is 0 Å². The Labute approximate surface area is 93.1 Å². The molecule has 0 radical (unpaired) electrons. The van der Waals surface area contributed by atoms with Crippen LogP contribution in [0.25, 0.3) is 0 Å². The molecule has 1 heterocycles. The normalized spacial score (nSPS) is 11.7. The lowest BCUT2D eigenvalue weighted by atomic mass is 9.90. The van der Waals surface area contributed by atoms with Crippen LogP contribution in [0.2, 0.25) is 0 Å². The molecule has 2 heteroatoms. The van der Waals surface area contributed by atoms with Crippen LogP contribution in [0, 0.1) is 12.3 Å². The molecule has 1 N–H and O–H groups in total. The van der Waals surface area contributed by atoms with Gasteiger partial charge in [0.05, 0.1) is 0 Å². The SMILES string of the molecule is CCC(C)(C)CNCc1cnccc1C. The second kappa shape index (κ2) is 5.26. The highest BCUT2D eigenvalue weighted by molar-refractivity contribution is 5.20. The second-order valence-corrected chi connectivity index (χ2v) is 4.92. The van der Waals surface area contributed by atoms with Gasteiger partial charge in [0.15, 0.2) is 0 Å². The van der Waals surface area contributed by atoms with Crippen LogP contribution in [0.5, 0.6) is 0 Å². The molecule has 2 nitrogen and oxygen atoms in total. The van der Waals surface area contributed by atoms with E-state index in [1.165, 1.54) is 17.5 Å². The van der Waals surface area contributed by atoms with Crippen molar-refractivity contribution in [2.75, 3.05) is 6.54 Å². The van der Waals surface area contributed by atoms with E-state index in [1.54, 1.807) is 0 Å². The number of hydrogen-bond acceptors (Lipinski definition) is 2. The zero-order valence-corrected chi connectivity index (χ0v) is 10.3. The van der Waals surface area contributed by atoms with Crippen LogP contribution in [0.1, 0.15) is 38.3 Å². The number of nitrogens with zero attached hydrogens (tertiary/aromatic N) is 1. The van der Waals surface area contributed by atoms with E-state index in [0.717, 1.165) is 13.1 Å². The Morgan fingerprint density at radius 2 is 2.13 bits per heavy atom. The van der Waals surface area contributed by atoms with Crippen LogP contribution in [0.4, 0.5) is 0 Å². The lowest BCUT2D eigenvalue weighted by Gasteiger charge is -2.23. The number of aromatic nitrogens is 1. The van der Waals surface area contributed by atoms with Crippen molar-refractivity contribution in [1.29, 1.82) is 0 Å². The minimum absolute atomic E-state index is 0.385. The van der Waals surface area contributed by atoms with Crippen LogP contribution in [-0.4, -0.2) is 11.5 Å². The summed E-state index contributed by atoms with van der Waals surface area (Å²) in [4.78, 5) is 4.14. The van der Waals surface area contributed by atoms with Gasteiger partial charge in [-0.2, -0.15) is 0 Å². The van der Waals surface area contributed by atoms with Crippen LogP contribution in [-0.2, 0) is 6.54 Å². The molecule has 0 saturated heterocycles. The fourth-order valence-corrected chi connectivity index (χ4v) is 1.34. The summed E-state index contributed by atoms with van der Waals surface area (Å²) in [5.74, 6) is 0. The first-order chi connectivity index (χ1) is 7.05. The number of pyridine rings is 1. The van der Waals surface area contributed by atoms with E-state index in [1.807, 2.05) is 12.4 Å². The quantitative estimate of drug-likeness (QED) is 0.801. The Bertz CT molecular complexity index is 305. The maximum Gasteiger partial charge on any atom is 0.0315 e. The van der Waals surface area contributed by atoms with E-state index in [2.05, 4.69) is 44.1 Å². The van der Waals surface area contributed by atoms with Gasteiger partial charge in [0.2, 0.25) is 0 Å². The summed E-state index contributed by atoms with van der Waals surface area (Å²) < 4.78 is 0. The molecule has 0 fully saturated rings. The zero-order valence-electron chi connectivity index (χ0n) is 10.3. The van der Waals surface area contributed by atoms with E-state index in [-0.39, 0.29) is 0 Å². The molecule has 0 aliphatic rings. The first kappa shape index (κ1) is 12.2. The molecule has 1 aromatic rings. The van der Waals surface area contributed by atoms with Crippen molar-refractivity contribution in [3.63, 3.8) is 0 Å².